The van der Waals surface area contributed by atoms with Crippen LogP contribution in [0.2, 0.25) is 10.0 Å². The monoisotopic (exact) mass is 487 g/mol. The first-order valence-electron chi connectivity index (χ1n) is 11.4. The normalized spacial score (nSPS) is 19.2. The number of hydrogen-bond donors (Lipinski definition) is 2. The quantitative estimate of drug-likeness (QED) is 0.573. The van der Waals surface area contributed by atoms with Crippen molar-refractivity contribution in [3.05, 3.63) is 52.1 Å². The fourth-order valence-corrected chi connectivity index (χ4v) is 5.00. The van der Waals surface area contributed by atoms with E-state index in [1.165, 1.54) is 0 Å². The number of benzene rings is 1. The molecular formula is C23H27Cl2N7O. The van der Waals surface area contributed by atoms with Gasteiger partial charge < -0.3 is 20.4 Å². The molecule has 0 bridgehead atoms. The molecule has 1 amide bonds. The molecule has 4 heterocycles. The lowest BCUT2D eigenvalue weighted by Gasteiger charge is -2.25. The van der Waals surface area contributed by atoms with Crippen LogP contribution in [-0.4, -0.2) is 64.2 Å². The van der Waals surface area contributed by atoms with Gasteiger partial charge in [0.1, 0.15) is 11.6 Å². The second-order valence-corrected chi connectivity index (χ2v) is 9.35. The summed E-state index contributed by atoms with van der Waals surface area (Å²) in [5.74, 6) is 1.94. The first-order chi connectivity index (χ1) is 16.1. The number of nitrogens with one attached hydrogen (secondary N) is 2. The van der Waals surface area contributed by atoms with E-state index in [4.69, 9.17) is 28.2 Å². The van der Waals surface area contributed by atoms with Gasteiger partial charge in [-0.3, -0.25) is 4.79 Å². The van der Waals surface area contributed by atoms with E-state index in [2.05, 4.69) is 20.6 Å². The van der Waals surface area contributed by atoms with Gasteiger partial charge in [-0.1, -0.05) is 29.3 Å². The van der Waals surface area contributed by atoms with Gasteiger partial charge >= 0.3 is 0 Å². The van der Waals surface area contributed by atoms with Crippen molar-refractivity contribution < 1.29 is 4.79 Å². The molecule has 2 fully saturated rings. The van der Waals surface area contributed by atoms with Crippen LogP contribution in [0.15, 0.2) is 36.5 Å². The molecule has 2 N–H and O–H groups in total. The minimum Gasteiger partial charge on any atom is -0.366 e. The lowest BCUT2D eigenvalue weighted by molar-refractivity contribution is -0.132. The zero-order valence-corrected chi connectivity index (χ0v) is 19.8. The van der Waals surface area contributed by atoms with E-state index < -0.39 is 0 Å². The van der Waals surface area contributed by atoms with Crippen molar-refractivity contribution >= 4 is 46.4 Å². The zero-order chi connectivity index (χ0) is 22.8. The second-order valence-electron chi connectivity index (χ2n) is 8.50. The molecule has 2 aliphatic heterocycles. The molecule has 174 valence electrons. The third-order valence-electron chi connectivity index (χ3n) is 6.31. The van der Waals surface area contributed by atoms with Gasteiger partial charge in [0.15, 0.2) is 5.65 Å². The first-order valence-corrected chi connectivity index (χ1v) is 12.1. The average molecular weight is 488 g/mol. The number of nitrogens with zero attached hydrogens (tertiary/aromatic N) is 5. The van der Waals surface area contributed by atoms with Crippen molar-refractivity contribution in [3.8, 4) is 0 Å². The minimum atomic E-state index is -0.0201. The van der Waals surface area contributed by atoms with Crippen molar-refractivity contribution in [1.29, 1.82) is 0 Å². The number of fused-ring (bicyclic) bond motifs is 1. The molecule has 1 unspecified atom stereocenters. The predicted octanol–water partition coefficient (Wildman–Crippen LogP) is 3.44. The van der Waals surface area contributed by atoms with E-state index in [-0.39, 0.29) is 11.9 Å². The highest BCUT2D eigenvalue weighted by atomic mass is 35.5. The second kappa shape index (κ2) is 9.75. The number of carbonyl (C=O) groups is 1. The molecule has 2 saturated heterocycles. The van der Waals surface area contributed by atoms with Crippen LogP contribution >= 0.6 is 23.2 Å². The Morgan fingerprint density at radius 1 is 1.12 bits per heavy atom. The summed E-state index contributed by atoms with van der Waals surface area (Å²) in [6.07, 6.45) is 4.66. The SMILES string of the molecule is O=C(C1CCCN1)N1CCCN(c2cc(NCc3ccc(Cl)cc3Cl)n3nccc3n2)CC1. The van der Waals surface area contributed by atoms with E-state index in [0.717, 1.165) is 68.3 Å². The maximum Gasteiger partial charge on any atom is 0.239 e. The van der Waals surface area contributed by atoms with E-state index in [0.29, 0.717) is 23.1 Å². The Kier molecular flexibility index (Phi) is 6.57. The minimum absolute atomic E-state index is 0.0201. The lowest BCUT2D eigenvalue weighted by atomic mass is 10.2. The molecule has 8 nitrogen and oxygen atoms in total. The van der Waals surface area contributed by atoms with Crippen LogP contribution in [0.5, 0.6) is 0 Å². The molecule has 1 atom stereocenters. The largest absolute Gasteiger partial charge is 0.366 e. The van der Waals surface area contributed by atoms with Crippen LogP contribution in [0.3, 0.4) is 0 Å². The topological polar surface area (TPSA) is 77.8 Å². The van der Waals surface area contributed by atoms with Crippen LogP contribution in [0, 0.1) is 0 Å². The smallest absolute Gasteiger partial charge is 0.239 e. The molecule has 0 aliphatic carbocycles. The summed E-state index contributed by atoms with van der Waals surface area (Å²) in [6, 6.07) is 9.38. The van der Waals surface area contributed by atoms with Gasteiger partial charge in [-0.05, 0) is 43.5 Å². The molecule has 5 rings (SSSR count). The van der Waals surface area contributed by atoms with Gasteiger partial charge in [-0.15, -0.1) is 0 Å². The van der Waals surface area contributed by atoms with Gasteiger partial charge in [0.2, 0.25) is 5.91 Å². The molecule has 3 aromatic rings. The van der Waals surface area contributed by atoms with E-state index in [9.17, 15) is 4.79 Å². The summed E-state index contributed by atoms with van der Waals surface area (Å²) in [7, 11) is 0. The number of carbonyl (C=O) groups excluding carboxylic acids is 1. The summed E-state index contributed by atoms with van der Waals surface area (Å²) in [5, 5.41) is 12.4. The highest BCUT2D eigenvalue weighted by Gasteiger charge is 2.28. The third kappa shape index (κ3) is 4.88. The Balaban J connectivity index is 1.32. The summed E-state index contributed by atoms with van der Waals surface area (Å²) >= 11 is 12.4. The molecule has 0 spiro atoms. The summed E-state index contributed by atoms with van der Waals surface area (Å²) < 4.78 is 1.78. The number of halogens is 2. The van der Waals surface area contributed by atoms with Gasteiger partial charge in [0.05, 0.1) is 12.2 Å². The summed E-state index contributed by atoms with van der Waals surface area (Å²) in [4.78, 5) is 21.9. The molecular weight excluding hydrogens is 461 g/mol. The van der Waals surface area contributed by atoms with E-state index in [1.807, 2.05) is 29.2 Å². The molecule has 0 radical (unpaired) electrons. The number of aromatic nitrogens is 3. The van der Waals surface area contributed by atoms with Gasteiger partial charge in [0.25, 0.3) is 0 Å². The highest BCUT2D eigenvalue weighted by molar-refractivity contribution is 6.35. The van der Waals surface area contributed by atoms with Crippen LogP contribution in [0.1, 0.15) is 24.8 Å². The summed E-state index contributed by atoms with van der Waals surface area (Å²) in [6.45, 7) is 4.54. The number of hydrogen-bond acceptors (Lipinski definition) is 6. The first kappa shape index (κ1) is 22.3. The van der Waals surface area contributed by atoms with E-state index in [1.54, 1.807) is 16.8 Å². The van der Waals surface area contributed by atoms with Gasteiger partial charge in [0, 0.05) is 54.9 Å². The molecule has 10 heteroatoms. The Morgan fingerprint density at radius 2 is 2.03 bits per heavy atom. The Labute approximate surface area is 202 Å². The van der Waals surface area contributed by atoms with Crippen LogP contribution in [-0.2, 0) is 11.3 Å². The molecule has 2 aromatic heterocycles. The number of rotatable bonds is 5. The lowest BCUT2D eigenvalue weighted by Crippen LogP contribution is -2.45. The number of amides is 1. The predicted molar refractivity (Wildman–Crippen MR) is 131 cm³/mol. The highest BCUT2D eigenvalue weighted by Crippen LogP contribution is 2.24. The number of anilines is 2. The fraction of sp³-hybridized carbons (Fsp3) is 0.435. The Morgan fingerprint density at radius 3 is 2.85 bits per heavy atom. The zero-order valence-electron chi connectivity index (χ0n) is 18.3. The Bertz CT molecular complexity index is 1150. The van der Waals surface area contributed by atoms with Crippen molar-refractivity contribution in [1.82, 2.24) is 24.8 Å². The molecule has 33 heavy (non-hydrogen) atoms. The summed E-state index contributed by atoms with van der Waals surface area (Å²) in [5.41, 5.74) is 1.72. The van der Waals surface area contributed by atoms with E-state index >= 15 is 0 Å². The molecule has 0 saturated carbocycles. The standard InChI is InChI=1S/C23H27Cl2N7O/c24-17-5-4-16(18(25)13-17)15-27-21-14-22(29-20-6-8-28-32(20)21)30-9-2-10-31(12-11-30)23(33)19-3-1-7-26-19/h4-6,8,13-14,19,26-27H,1-3,7,9-12,15H2. The van der Waals surface area contributed by atoms with Crippen LogP contribution < -0.4 is 15.5 Å². The van der Waals surface area contributed by atoms with Crippen LogP contribution in [0.4, 0.5) is 11.6 Å². The van der Waals surface area contributed by atoms with Gasteiger partial charge in [-0.2, -0.15) is 9.61 Å². The molecule has 2 aliphatic rings. The maximum absolute atomic E-state index is 12.8. The fourth-order valence-electron chi connectivity index (χ4n) is 4.52. The molecule has 1 aromatic carbocycles. The van der Waals surface area contributed by atoms with Crippen LogP contribution in [0.25, 0.3) is 5.65 Å². The maximum atomic E-state index is 12.8. The van der Waals surface area contributed by atoms with Crippen molar-refractivity contribution in [2.45, 2.75) is 31.8 Å². The van der Waals surface area contributed by atoms with Crippen molar-refractivity contribution in [2.75, 3.05) is 42.9 Å². The van der Waals surface area contributed by atoms with Crippen molar-refractivity contribution in [3.63, 3.8) is 0 Å². The van der Waals surface area contributed by atoms with Gasteiger partial charge in [-0.25, -0.2) is 4.98 Å². The van der Waals surface area contributed by atoms with Crippen molar-refractivity contribution in [2.24, 2.45) is 0 Å². The average Bonchev–Trinajstić information content (AvgIpc) is 3.45. The Hall–Kier alpha value is -2.55. The third-order valence-corrected chi connectivity index (χ3v) is 6.90.